The van der Waals surface area contributed by atoms with Gasteiger partial charge < -0.3 is 40.3 Å². The van der Waals surface area contributed by atoms with Crippen LogP contribution in [-0.2, 0) is 35.1 Å². The van der Waals surface area contributed by atoms with Gasteiger partial charge >= 0.3 is 0 Å². The average molecular weight is 718 g/mol. The Bertz CT molecular complexity index is 1230. The average Bonchev–Trinajstić information content (AvgIpc) is 3.59. The van der Waals surface area contributed by atoms with Gasteiger partial charge in [0.05, 0.1) is 55.3 Å². The molecule has 0 radical (unpaired) electrons. The van der Waals surface area contributed by atoms with Crippen molar-refractivity contribution in [3.8, 4) is 0 Å². The summed E-state index contributed by atoms with van der Waals surface area (Å²) >= 11 is 0. The standard InChI is InChI=1S/C39H67N5O7/c1-12-26(6)35(43(9)39(49)34(25(4)5)42-38(48)33(40-8)24(2)3)31(50-10)22-32(46)44-20-16-19-30(44)36(51-11)27(7)37(47)41-29(23-45)21-28-17-14-13-15-18-28/h13-15,17-18,24-27,29-31,33-36,40,45H,12,16,19-23H2,1-11H3,(H,41,47)(H,42,48)/t26-,27+,29+,30-,31+,33-,34-,35-,36+/m0/s1. The molecule has 1 saturated heterocycles. The van der Waals surface area contributed by atoms with Crippen molar-refractivity contribution in [1.82, 2.24) is 25.8 Å². The number of benzene rings is 1. The first kappa shape index (κ1) is 44.1. The van der Waals surface area contributed by atoms with Gasteiger partial charge in [-0.1, -0.05) is 85.2 Å². The number of methoxy groups -OCH3 is 2. The Morgan fingerprint density at radius 3 is 2.08 bits per heavy atom. The number of likely N-dealkylation sites (N-methyl/N-ethyl adjacent to an activating group) is 2. The molecular weight excluding hydrogens is 650 g/mol. The summed E-state index contributed by atoms with van der Waals surface area (Å²) in [6.07, 6.45) is 1.54. The first-order valence-electron chi connectivity index (χ1n) is 18.7. The molecule has 1 aromatic carbocycles. The Balaban J connectivity index is 2.24. The minimum Gasteiger partial charge on any atom is -0.394 e. The lowest BCUT2D eigenvalue weighted by atomic mass is 9.89. The first-order chi connectivity index (χ1) is 24.2. The molecule has 0 bridgehead atoms. The lowest BCUT2D eigenvalue weighted by Gasteiger charge is -2.41. The number of aliphatic hydroxyl groups excluding tert-OH is 1. The number of hydrogen-bond donors (Lipinski definition) is 4. The number of hydrogen-bond acceptors (Lipinski definition) is 8. The number of nitrogens with one attached hydrogen (secondary N) is 3. The maximum atomic E-state index is 14.1. The number of nitrogens with zero attached hydrogens (tertiary/aromatic N) is 2. The zero-order chi connectivity index (χ0) is 38.4. The summed E-state index contributed by atoms with van der Waals surface area (Å²) in [5.41, 5.74) is 1.01. The third-order valence-electron chi connectivity index (χ3n) is 10.6. The molecule has 0 spiro atoms. The first-order valence-corrected chi connectivity index (χ1v) is 18.7. The van der Waals surface area contributed by atoms with Crippen molar-refractivity contribution in [3.05, 3.63) is 35.9 Å². The predicted molar refractivity (Wildman–Crippen MR) is 200 cm³/mol. The third-order valence-corrected chi connectivity index (χ3v) is 10.6. The molecule has 0 aliphatic carbocycles. The number of aliphatic hydroxyl groups is 1. The molecule has 9 atom stereocenters. The van der Waals surface area contributed by atoms with Gasteiger partial charge in [0.1, 0.15) is 6.04 Å². The summed E-state index contributed by atoms with van der Waals surface area (Å²) in [5.74, 6) is -1.58. The van der Waals surface area contributed by atoms with Gasteiger partial charge in [-0.25, -0.2) is 0 Å². The second-order valence-electron chi connectivity index (χ2n) is 14.9. The van der Waals surface area contributed by atoms with E-state index in [1.807, 2.05) is 71.9 Å². The van der Waals surface area contributed by atoms with Crippen molar-refractivity contribution in [3.63, 3.8) is 0 Å². The molecule has 4 N–H and O–H groups in total. The minimum atomic E-state index is -0.756. The van der Waals surface area contributed by atoms with E-state index >= 15 is 0 Å². The van der Waals surface area contributed by atoms with Gasteiger partial charge in [0, 0.05) is 27.8 Å². The lowest BCUT2D eigenvalue weighted by molar-refractivity contribution is -0.147. The van der Waals surface area contributed by atoms with Crippen LogP contribution in [-0.4, -0.2) is 122 Å². The zero-order valence-corrected chi connectivity index (χ0v) is 33.0. The van der Waals surface area contributed by atoms with Crippen LogP contribution < -0.4 is 16.0 Å². The molecule has 4 amide bonds. The van der Waals surface area contributed by atoms with Crippen molar-refractivity contribution >= 4 is 23.6 Å². The van der Waals surface area contributed by atoms with E-state index in [9.17, 15) is 24.3 Å². The summed E-state index contributed by atoms with van der Waals surface area (Å²) in [6.45, 7) is 13.9. The number of likely N-dealkylation sites (tertiary alicyclic amines) is 1. The minimum absolute atomic E-state index is 0.0129. The van der Waals surface area contributed by atoms with Gasteiger partial charge in [0.2, 0.25) is 23.6 Å². The monoisotopic (exact) mass is 718 g/mol. The van der Waals surface area contributed by atoms with E-state index in [0.29, 0.717) is 19.4 Å². The van der Waals surface area contributed by atoms with E-state index in [1.165, 1.54) is 0 Å². The molecule has 12 nitrogen and oxygen atoms in total. The summed E-state index contributed by atoms with van der Waals surface area (Å²) in [5, 5.41) is 19.0. The molecule has 1 aromatic rings. The van der Waals surface area contributed by atoms with Gasteiger partial charge in [-0.15, -0.1) is 0 Å². The van der Waals surface area contributed by atoms with Crippen LogP contribution in [0.2, 0.25) is 0 Å². The van der Waals surface area contributed by atoms with E-state index in [2.05, 4.69) is 16.0 Å². The molecule has 1 aliphatic rings. The second-order valence-corrected chi connectivity index (χ2v) is 14.9. The van der Waals surface area contributed by atoms with Crippen molar-refractivity contribution in [2.45, 2.75) is 123 Å². The number of carbonyl (C=O) groups is 4. The maximum absolute atomic E-state index is 14.1. The van der Waals surface area contributed by atoms with Gasteiger partial charge in [-0.05, 0) is 49.6 Å². The summed E-state index contributed by atoms with van der Waals surface area (Å²) in [4.78, 5) is 58.3. The summed E-state index contributed by atoms with van der Waals surface area (Å²) in [6, 6.07) is 7.26. The van der Waals surface area contributed by atoms with E-state index in [0.717, 1.165) is 18.4 Å². The van der Waals surface area contributed by atoms with Crippen molar-refractivity contribution < 1.29 is 33.8 Å². The van der Waals surface area contributed by atoms with Crippen LogP contribution in [0.15, 0.2) is 30.3 Å². The maximum Gasteiger partial charge on any atom is 0.245 e. The van der Waals surface area contributed by atoms with Gasteiger partial charge in [0.25, 0.3) is 0 Å². The highest BCUT2D eigenvalue weighted by Crippen LogP contribution is 2.29. The van der Waals surface area contributed by atoms with Crippen LogP contribution in [0.5, 0.6) is 0 Å². The normalized spacial score (nSPS) is 19.5. The van der Waals surface area contributed by atoms with Crippen molar-refractivity contribution in [2.24, 2.45) is 23.7 Å². The Hall–Kier alpha value is -3.06. The Morgan fingerprint density at radius 1 is 0.941 bits per heavy atom. The Labute approximate surface area is 306 Å². The van der Waals surface area contributed by atoms with Crippen molar-refractivity contribution in [1.29, 1.82) is 0 Å². The molecule has 51 heavy (non-hydrogen) atoms. The molecule has 0 aromatic heterocycles. The number of rotatable bonds is 21. The molecule has 1 heterocycles. The Morgan fingerprint density at radius 2 is 1.57 bits per heavy atom. The van der Waals surface area contributed by atoms with E-state index < -0.39 is 42.3 Å². The topological polar surface area (TPSA) is 150 Å². The van der Waals surface area contributed by atoms with Crippen LogP contribution in [0.1, 0.15) is 79.7 Å². The fourth-order valence-electron chi connectivity index (χ4n) is 7.44. The number of amides is 4. The molecule has 0 saturated carbocycles. The fraction of sp³-hybridized carbons (Fsp3) is 0.744. The second kappa shape index (κ2) is 21.5. The summed E-state index contributed by atoms with van der Waals surface area (Å²) < 4.78 is 11.9. The molecule has 2 rings (SSSR count). The number of carbonyl (C=O) groups excluding carboxylic acids is 4. The smallest absolute Gasteiger partial charge is 0.245 e. The third kappa shape index (κ3) is 12.0. The highest BCUT2D eigenvalue weighted by Gasteiger charge is 2.43. The van der Waals surface area contributed by atoms with Crippen LogP contribution in [0.4, 0.5) is 0 Å². The van der Waals surface area contributed by atoms with E-state index in [-0.39, 0.29) is 60.5 Å². The molecule has 1 aliphatic heterocycles. The molecule has 0 unspecified atom stereocenters. The van der Waals surface area contributed by atoms with E-state index in [4.69, 9.17) is 9.47 Å². The molecule has 1 fully saturated rings. The predicted octanol–water partition coefficient (Wildman–Crippen LogP) is 3.01. The lowest BCUT2D eigenvalue weighted by Crippen LogP contribution is -2.59. The molecular formula is C39H67N5O7. The zero-order valence-electron chi connectivity index (χ0n) is 33.0. The van der Waals surface area contributed by atoms with Crippen LogP contribution in [0.25, 0.3) is 0 Å². The highest BCUT2D eigenvalue weighted by molar-refractivity contribution is 5.90. The van der Waals surface area contributed by atoms with Crippen LogP contribution in [0, 0.1) is 23.7 Å². The number of ether oxygens (including phenoxy) is 2. The Kier molecular flexibility index (Phi) is 18.6. The largest absolute Gasteiger partial charge is 0.394 e. The summed E-state index contributed by atoms with van der Waals surface area (Å²) in [7, 11) is 6.58. The van der Waals surface area contributed by atoms with Crippen molar-refractivity contribution in [2.75, 3.05) is 41.5 Å². The highest BCUT2D eigenvalue weighted by atomic mass is 16.5. The quantitative estimate of drug-likeness (QED) is 0.152. The van der Waals surface area contributed by atoms with E-state index in [1.54, 1.807) is 45.0 Å². The molecule has 12 heteroatoms. The molecule has 290 valence electrons. The fourth-order valence-corrected chi connectivity index (χ4v) is 7.44. The van der Waals surface area contributed by atoms with Gasteiger partial charge in [-0.3, -0.25) is 19.2 Å². The van der Waals surface area contributed by atoms with Gasteiger partial charge in [-0.2, -0.15) is 0 Å². The SMILES string of the molecule is CC[C@H](C)[C@@H]([C@@H](CC(=O)N1CCC[C@H]1[C@H](OC)[C@@H](C)C(=O)N[C@@H](CO)Cc1ccccc1)OC)N(C)C(=O)[C@@H](NC(=O)[C@@H](NC)C(C)C)C(C)C. The van der Waals surface area contributed by atoms with Gasteiger partial charge in [0.15, 0.2) is 0 Å². The van der Waals surface area contributed by atoms with Crippen LogP contribution >= 0.6 is 0 Å². The van der Waals surface area contributed by atoms with Crippen LogP contribution in [0.3, 0.4) is 0 Å².